The summed E-state index contributed by atoms with van der Waals surface area (Å²) in [4.78, 5) is 20.0. The Hall–Kier alpha value is -1.62. The van der Waals surface area contributed by atoms with Crippen molar-refractivity contribution >= 4 is 11.7 Å². The third-order valence-electron chi connectivity index (χ3n) is 3.32. The zero-order chi connectivity index (χ0) is 13.7. The number of anilines is 1. The molecule has 1 aromatic heterocycles. The molecule has 1 aromatic rings. The van der Waals surface area contributed by atoms with Gasteiger partial charge in [0.2, 0.25) is 5.91 Å². The van der Waals surface area contributed by atoms with Crippen molar-refractivity contribution < 1.29 is 4.79 Å². The van der Waals surface area contributed by atoms with Crippen LogP contribution in [0.25, 0.3) is 0 Å². The summed E-state index contributed by atoms with van der Waals surface area (Å²) in [7, 11) is 1.86. The second kappa shape index (κ2) is 6.52. The van der Waals surface area contributed by atoms with Gasteiger partial charge in [-0.25, -0.2) is 4.98 Å². The van der Waals surface area contributed by atoms with Crippen LogP contribution >= 0.6 is 0 Å². The van der Waals surface area contributed by atoms with E-state index in [2.05, 4.69) is 28.2 Å². The first-order valence-corrected chi connectivity index (χ1v) is 6.84. The summed E-state index contributed by atoms with van der Waals surface area (Å²) in [6.45, 7) is 6.11. The first-order chi connectivity index (χ1) is 9.19. The standard InChI is InChI=1S/C14H22N4O/c1-3-6-15-13-5-4-12(9-16-13)10-18-8-7-17(2)14(19)11-18/h4-5,9H,3,6-8,10-11H2,1-2H3,(H,15,16). The van der Waals surface area contributed by atoms with E-state index >= 15 is 0 Å². The zero-order valence-electron chi connectivity index (χ0n) is 11.7. The van der Waals surface area contributed by atoms with E-state index in [4.69, 9.17) is 0 Å². The highest BCUT2D eigenvalue weighted by molar-refractivity contribution is 5.78. The van der Waals surface area contributed by atoms with E-state index in [1.54, 1.807) is 4.90 Å². The van der Waals surface area contributed by atoms with Crippen molar-refractivity contribution in [2.24, 2.45) is 0 Å². The second-order valence-corrected chi connectivity index (χ2v) is 5.00. The predicted molar refractivity (Wildman–Crippen MR) is 75.9 cm³/mol. The van der Waals surface area contributed by atoms with E-state index < -0.39 is 0 Å². The summed E-state index contributed by atoms with van der Waals surface area (Å²) < 4.78 is 0. The maximum atomic E-state index is 11.6. The van der Waals surface area contributed by atoms with Crippen LogP contribution in [0, 0.1) is 0 Å². The molecule has 2 rings (SSSR count). The van der Waals surface area contributed by atoms with Crippen LogP contribution in [0.5, 0.6) is 0 Å². The van der Waals surface area contributed by atoms with Gasteiger partial charge in [-0.15, -0.1) is 0 Å². The van der Waals surface area contributed by atoms with E-state index in [0.717, 1.165) is 44.0 Å². The lowest BCUT2D eigenvalue weighted by atomic mass is 10.2. The maximum Gasteiger partial charge on any atom is 0.236 e. The molecule has 5 heteroatoms. The molecular weight excluding hydrogens is 240 g/mol. The van der Waals surface area contributed by atoms with Crippen molar-refractivity contribution in [3.05, 3.63) is 23.9 Å². The Morgan fingerprint density at radius 3 is 2.84 bits per heavy atom. The number of amides is 1. The molecule has 2 heterocycles. The number of nitrogens with zero attached hydrogens (tertiary/aromatic N) is 3. The van der Waals surface area contributed by atoms with Gasteiger partial charge in [0.15, 0.2) is 0 Å². The normalized spacial score (nSPS) is 16.7. The number of carbonyl (C=O) groups is 1. The third-order valence-corrected chi connectivity index (χ3v) is 3.32. The predicted octanol–water partition coefficient (Wildman–Crippen LogP) is 1.18. The molecule has 1 fully saturated rings. The fourth-order valence-electron chi connectivity index (χ4n) is 2.08. The van der Waals surface area contributed by atoms with Crippen molar-refractivity contribution in [2.75, 3.05) is 38.5 Å². The largest absolute Gasteiger partial charge is 0.370 e. The zero-order valence-corrected chi connectivity index (χ0v) is 11.7. The molecule has 0 unspecified atom stereocenters. The molecule has 0 aliphatic carbocycles. The summed E-state index contributed by atoms with van der Waals surface area (Å²) in [5.41, 5.74) is 1.15. The van der Waals surface area contributed by atoms with Crippen molar-refractivity contribution in [3.8, 4) is 0 Å². The summed E-state index contributed by atoms with van der Waals surface area (Å²) >= 11 is 0. The van der Waals surface area contributed by atoms with Crippen LogP contribution in [0.2, 0.25) is 0 Å². The van der Waals surface area contributed by atoms with Gasteiger partial charge in [0.25, 0.3) is 0 Å². The highest BCUT2D eigenvalue weighted by Gasteiger charge is 2.20. The number of aromatic nitrogens is 1. The summed E-state index contributed by atoms with van der Waals surface area (Å²) in [6.07, 6.45) is 2.98. The first kappa shape index (κ1) is 13.8. The number of hydrogen-bond donors (Lipinski definition) is 1. The van der Waals surface area contributed by atoms with E-state index in [1.807, 2.05) is 19.3 Å². The van der Waals surface area contributed by atoms with Gasteiger partial charge in [0.05, 0.1) is 6.54 Å². The van der Waals surface area contributed by atoms with Crippen LogP contribution in [0.1, 0.15) is 18.9 Å². The molecule has 0 bridgehead atoms. The molecule has 1 aliphatic heterocycles. The fourth-order valence-corrected chi connectivity index (χ4v) is 2.08. The first-order valence-electron chi connectivity index (χ1n) is 6.84. The lowest BCUT2D eigenvalue weighted by Gasteiger charge is -2.31. The van der Waals surface area contributed by atoms with Gasteiger partial charge in [-0.1, -0.05) is 13.0 Å². The second-order valence-electron chi connectivity index (χ2n) is 5.00. The molecule has 104 valence electrons. The Balaban J connectivity index is 1.87. The number of likely N-dealkylation sites (N-methyl/N-ethyl adjacent to an activating group) is 1. The van der Waals surface area contributed by atoms with Crippen LogP contribution in [0.4, 0.5) is 5.82 Å². The van der Waals surface area contributed by atoms with Crippen molar-refractivity contribution in [3.63, 3.8) is 0 Å². The molecular formula is C14H22N4O. The molecule has 0 radical (unpaired) electrons. The van der Waals surface area contributed by atoms with Crippen molar-refractivity contribution in [1.82, 2.24) is 14.8 Å². The van der Waals surface area contributed by atoms with Crippen LogP contribution in [-0.4, -0.2) is 53.9 Å². The minimum absolute atomic E-state index is 0.195. The van der Waals surface area contributed by atoms with Gasteiger partial charge in [-0.2, -0.15) is 0 Å². The smallest absolute Gasteiger partial charge is 0.236 e. The number of piperazine rings is 1. The topological polar surface area (TPSA) is 48.5 Å². The van der Waals surface area contributed by atoms with Crippen LogP contribution in [0.3, 0.4) is 0 Å². The van der Waals surface area contributed by atoms with Crippen molar-refractivity contribution in [1.29, 1.82) is 0 Å². The van der Waals surface area contributed by atoms with Gasteiger partial charge in [-0.3, -0.25) is 9.69 Å². The highest BCUT2D eigenvalue weighted by atomic mass is 16.2. The molecule has 1 aliphatic rings. The molecule has 0 atom stereocenters. The molecule has 0 spiro atoms. The molecule has 0 aromatic carbocycles. The Bertz CT molecular complexity index is 418. The third kappa shape index (κ3) is 3.92. The number of hydrogen-bond acceptors (Lipinski definition) is 4. The highest BCUT2D eigenvalue weighted by Crippen LogP contribution is 2.10. The van der Waals surface area contributed by atoms with E-state index in [9.17, 15) is 4.79 Å². The molecule has 1 saturated heterocycles. The van der Waals surface area contributed by atoms with Gasteiger partial charge in [-0.05, 0) is 18.1 Å². The van der Waals surface area contributed by atoms with Gasteiger partial charge < -0.3 is 10.2 Å². The quantitative estimate of drug-likeness (QED) is 0.865. The summed E-state index contributed by atoms with van der Waals surface area (Å²) in [5, 5.41) is 3.25. The summed E-state index contributed by atoms with van der Waals surface area (Å²) in [5.74, 6) is 1.11. The average molecular weight is 262 g/mol. The van der Waals surface area contributed by atoms with Crippen LogP contribution in [0.15, 0.2) is 18.3 Å². The Morgan fingerprint density at radius 1 is 1.37 bits per heavy atom. The monoisotopic (exact) mass is 262 g/mol. The molecule has 19 heavy (non-hydrogen) atoms. The SMILES string of the molecule is CCCNc1ccc(CN2CCN(C)C(=O)C2)cn1. The van der Waals surface area contributed by atoms with Gasteiger partial charge in [0.1, 0.15) is 5.82 Å². The Kier molecular flexibility index (Phi) is 4.74. The molecule has 1 amide bonds. The minimum Gasteiger partial charge on any atom is -0.370 e. The van der Waals surface area contributed by atoms with E-state index in [1.165, 1.54) is 0 Å². The number of nitrogens with one attached hydrogen (secondary N) is 1. The average Bonchev–Trinajstić information content (AvgIpc) is 2.42. The van der Waals surface area contributed by atoms with Crippen LogP contribution in [-0.2, 0) is 11.3 Å². The Morgan fingerprint density at radius 2 is 2.21 bits per heavy atom. The van der Waals surface area contributed by atoms with Crippen LogP contribution < -0.4 is 5.32 Å². The lowest BCUT2D eigenvalue weighted by molar-refractivity contribution is -0.134. The molecule has 0 saturated carbocycles. The van der Waals surface area contributed by atoms with Crippen molar-refractivity contribution in [2.45, 2.75) is 19.9 Å². The Labute approximate surface area is 114 Å². The molecule has 5 nitrogen and oxygen atoms in total. The maximum absolute atomic E-state index is 11.6. The number of pyridine rings is 1. The fraction of sp³-hybridized carbons (Fsp3) is 0.571. The van der Waals surface area contributed by atoms with Gasteiger partial charge >= 0.3 is 0 Å². The van der Waals surface area contributed by atoms with E-state index in [-0.39, 0.29) is 5.91 Å². The van der Waals surface area contributed by atoms with E-state index in [0.29, 0.717) is 6.54 Å². The number of rotatable bonds is 5. The molecule has 1 N–H and O–H groups in total. The number of carbonyl (C=O) groups excluding carboxylic acids is 1. The van der Waals surface area contributed by atoms with Gasteiger partial charge in [0, 0.05) is 39.4 Å². The minimum atomic E-state index is 0.195. The lowest BCUT2D eigenvalue weighted by Crippen LogP contribution is -2.47. The summed E-state index contributed by atoms with van der Waals surface area (Å²) in [6, 6.07) is 4.08.